The molecule has 1 aliphatic rings. The lowest BCUT2D eigenvalue weighted by atomic mass is 10.0. The van der Waals surface area contributed by atoms with E-state index in [2.05, 4.69) is 20.8 Å². The number of aliphatic hydroxyl groups is 2. The van der Waals surface area contributed by atoms with E-state index in [-0.39, 0.29) is 5.92 Å². The summed E-state index contributed by atoms with van der Waals surface area (Å²) >= 11 is 0. The summed E-state index contributed by atoms with van der Waals surface area (Å²) in [5.74, 6) is -0.281. The zero-order valence-corrected chi connectivity index (χ0v) is 18.3. The predicted molar refractivity (Wildman–Crippen MR) is 115 cm³/mol. The van der Waals surface area contributed by atoms with Gasteiger partial charge in [-0.1, -0.05) is 40.7 Å². The average Bonchev–Trinajstić information content (AvgIpc) is 3.43. The molecule has 2 heterocycles. The number of hydrogen-bond acceptors (Lipinski definition) is 8. The molecule has 10 heteroatoms. The third-order valence-electron chi connectivity index (χ3n) is 5.74. The molecule has 1 aromatic carbocycles. The summed E-state index contributed by atoms with van der Waals surface area (Å²) in [6.45, 7) is 2.73. The molecule has 1 saturated carbocycles. The van der Waals surface area contributed by atoms with E-state index in [9.17, 15) is 15.0 Å². The van der Waals surface area contributed by atoms with Crippen molar-refractivity contribution >= 4 is 5.91 Å². The fourth-order valence-electron chi connectivity index (χ4n) is 4.19. The van der Waals surface area contributed by atoms with Gasteiger partial charge in [-0.15, -0.1) is 5.10 Å². The van der Waals surface area contributed by atoms with Crippen LogP contribution < -0.4 is 5.32 Å². The van der Waals surface area contributed by atoms with Crippen LogP contribution in [0.4, 0.5) is 0 Å². The third-order valence-corrected chi connectivity index (χ3v) is 5.74. The summed E-state index contributed by atoms with van der Waals surface area (Å²) in [5, 5.41) is 36.3. The van der Waals surface area contributed by atoms with Gasteiger partial charge in [-0.25, -0.2) is 0 Å². The molecule has 0 spiro atoms. The standard InChI is InChI=1S/C22H28N6O4/c1-13-18(19(25-32-13)14-7-5-4-6-8-14)22(31)23-17-9-15(20(29)21(17)30)10-28-12-16(24-26-28)11-27(2)3/h4-8,12,15,17,20-21,29-30H,9-11H2,1-3H3,(H,23,31)/t15-,17-,20-,21+/m1/s1. The SMILES string of the molecule is Cc1onc(-c2ccccc2)c1C(=O)N[C@@H]1C[C@H](Cn2cc(CN(C)C)nn2)[C@@H](O)[C@H]1O. The maximum Gasteiger partial charge on any atom is 0.257 e. The summed E-state index contributed by atoms with van der Waals surface area (Å²) in [6.07, 6.45) is 0.160. The molecule has 2 aromatic heterocycles. The molecule has 32 heavy (non-hydrogen) atoms. The van der Waals surface area contributed by atoms with E-state index < -0.39 is 24.2 Å². The Labute approximate surface area is 185 Å². The van der Waals surface area contributed by atoms with Gasteiger partial charge in [-0.2, -0.15) is 0 Å². The molecule has 0 radical (unpaired) electrons. The Bertz CT molecular complexity index is 1060. The molecule has 0 bridgehead atoms. The van der Waals surface area contributed by atoms with Crippen molar-refractivity contribution in [2.75, 3.05) is 14.1 Å². The number of rotatable bonds is 7. The minimum Gasteiger partial charge on any atom is -0.390 e. The molecular weight excluding hydrogens is 412 g/mol. The first kappa shape index (κ1) is 22.1. The maximum atomic E-state index is 13.1. The second-order valence-corrected chi connectivity index (χ2v) is 8.56. The molecule has 0 saturated heterocycles. The van der Waals surface area contributed by atoms with E-state index in [1.807, 2.05) is 55.5 Å². The van der Waals surface area contributed by atoms with E-state index in [4.69, 9.17) is 4.52 Å². The van der Waals surface area contributed by atoms with E-state index in [1.165, 1.54) is 0 Å². The number of carbonyl (C=O) groups is 1. The number of aliphatic hydroxyl groups excluding tert-OH is 2. The molecule has 0 unspecified atom stereocenters. The van der Waals surface area contributed by atoms with Crippen LogP contribution in [0.15, 0.2) is 41.1 Å². The minimum atomic E-state index is -1.09. The van der Waals surface area contributed by atoms with Crippen LogP contribution in [-0.4, -0.2) is 73.5 Å². The zero-order valence-electron chi connectivity index (χ0n) is 18.3. The van der Waals surface area contributed by atoms with Crippen LogP contribution in [0.3, 0.4) is 0 Å². The van der Waals surface area contributed by atoms with Gasteiger partial charge in [-0.05, 0) is 27.4 Å². The number of carbonyl (C=O) groups excluding carboxylic acids is 1. The first-order valence-electron chi connectivity index (χ1n) is 10.6. The largest absolute Gasteiger partial charge is 0.390 e. The topological polar surface area (TPSA) is 130 Å². The molecule has 1 fully saturated rings. The Morgan fingerprint density at radius 3 is 2.72 bits per heavy atom. The number of benzene rings is 1. The van der Waals surface area contributed by atoms with Crippen molar-refractivity contribution in [1.29, 1.82) is 0 Å². The van der Waals surface area contributed by atoms with Crippen LogP contribution in [0.5, 0.6) is 0 Å². The average molecular weight is 441 g/mol. The first-order chi connectivity index (χ1) is 15.3. The quantitative estimate of drug-likeness (QED) is 0.493. The smallest absolute Gasteiger partial charge is 0.257 e. The fraction of sp³-hybridized carbons (Fsp3) is 0.455. The molecular formula is C22H28N6O4. The molecule has 3 aromatic rings. The summed E-state index contributed by atoms with van der Waals surface area (Å²) in [5.41, 5.74) is 2.36. The second kappa shape index (κ2) is 9.19. The first-order valence-corrected chi connectivity index (χ1v) is 10.6. The van der Waals surface area contributed by atoms with E-state index >= 15 is 0 Å². The Kier molecular flexibility index (Phi) is 6.35. The van der Waals surface area contributed by atoms with Crippen molar-refractivity contribution in [3.05, 3.63) is 53.5 Å². The van der Waals surface area contributed by atoms with Gasteiger partial charge in [0, 0.05) is 30.8 Å². The van der Waals surface area contributed by atoms with Crippen molar-refractivity contribution in [2.45, 2.75) is 44.7 Å². The number of nitrogens with one attached hydrogen (secondary N) is 1. The summed E-state index contributed by atoms with van der Waals surface area (Å²) in [6, 6.07) is 8.69. The van der Waals surface area contributed by atoms with Gasteiger partial charge in [0.15, 0.2) is 0 Å². The molecule has 170 valence electrons. The van der Waals surface area contributed by atoms with Crippen molar-refractivity contribution in [2.24, 2.45) is 5.92 Å². The molecule has 4 atom stereocenters. The highest BCUT2D eigenvalue weighted by Crippen LogP contribution is 2.30. The highest BCUT2D eigenvalue weighted by atomic mass is 16.5. The van der Waals surface area contributed by atoms with Gasteiger partial charge in [0.05, 0.1) is 17.8 Å². The normalized spacial score (nSPS) is 23.1. The second-order valence-electron chi connectivity index (χ2n) is 8.56. The van der Waals surface area contributed by atoms with Gasteiger partial charge >= 0.3 is 0 Å². The van der Waals surface area contributed by atoms with Crippen LogP contribution in [0.1, 0.15) is 28.2 Å². The molecule has 0 aliphatic heterocycles. The molecule has 3 N–H and O–H groups in total. The van der Waals surface area contributed by atoms with Gasteiger partial charge in [0.2, 0.25) is 0 Å². The van der Waals surface area contributed by atoms with Crippen LogP contribution in [0.2, 0.25) is 0 Å². The Balaban J connectivity index is 1.45. The van der Waals surface area contributed by atoms with Crippen molar-refractivity contribution in [3.63, 3.8) is 0 Å². The summed E-state index contributed by atoms with van der Waals surface area (Å²) in [4.78, 5) is 15.1. The van der Waals surface area contributed by atoms with Gasteiger partial charge in [-0.3, -0.25) is 9.48 Å². The van der Waals surface area contributed by atoms with Crippen molar-refractivity contribution < 1.29 is 19.5 Å². The van der Waals surface area contributed by atoms with Gasteiger partial charge < -0.3 is 25.0 Å². The Hall–Kier alpha value is -3.08. The Morgan fingerprint density at radius 2 is 2.00 bits per heavy atom. The number of aryl methyl sites for hydroxylation is 1. The van der Waals surface area contributed by atoms with Crippen molar-refractivity contribution in [3.8, 4) is 11.3 Å². The maximum absolute atomic E-state index is 13.1. The van der Waals surface area contributed by atoms with Gasteiger partial charge in [0.1, 0.15) is 23.1 Å². The minimum absolute atomic E-state index is 0.277. The number of amides is 1. The lowest BCUT2D eigenvalue weighted by molar-refractivity contribution is 0.00761. The number of hydrogen-bond donors (Lipinski definition) is 3. The molecule has 1 amide bonds. The molecule has 10 nitrogen and oxygen atoms in total. The van der Waals surface area contributed by atoms with E-state index in [0.717, 1.165) is 11.3 Å². The predicted octanol–water partition coefficient (Wildman–Crippen LogP) is 0.843. The monoisotopic (exact) mass is 440 g/mol. The van der Waals surface area contributed by atoms with Crippen LogP contribution in [0, 0.1) is 12.8 Å². The Morgan fingerprint density at radius 1 is 1.25 bits per heavy atom. The van der Waals surface area contributed by atoms with Crippen LogP contribution >= 0.6 is 0 Å². The number of aromatic nitrogens is 4. The van der Waals surface area contributed by atoms with Crippen LogP contribution in [0.25, 0.3) is 11.3 Å². The van der Waals surface area contributed by atoms with Crippen molar-refractivity contribution in [1.82, 2.24) is 30.4 Å². The fourth-order valence-corrected chi connectivity index (χ4v) is 4.19. The van der Waals surface area contributed by atoms with Crippen LogP contribution in [-0.2, 0) is 13.1 Å². The lowest BCUT2D eigenvalue weighted by Crippen LogP contribution is -2.43. The lowest BCUT2D eigenvalue weighted by Gasteiger charge is -2.18. The van der Waals surface area contributed by atoms with Gasteiger partial charge in [0.25, 0.3) is 5.91 Å². The summed E-state index contributed by atoms with van der Waals surface area (Å²) in [7, 11) is 3.90. The highest BCUT2D eigenvalue weighted by Gasteiger charge is 2.43. The molecule has 4 rings (SSSR count). The third kappa shape index (κ3) is 4.57. The summed E-state index contributed by atoms with van der Waals surface area (Å²) < 4.78 is 6.94. The molecule has 1 aliphatic carbocycles. The van der Waals surface area contributed by atoms with E-state index in [1.54, 1.807) is 11.6 Å². The van der Waals surface area contributed by atoms with E-state index in [0.29, 0.717) is 36.5 Å². The number of nitrogens with zero attached hydrogens (tertiary/aromatic N) is 5. The highest BCUT2D eigenvalue weighted by molar-refractivity contribution is 6.01. The zero-order chi connectivity index (χ0) is 22.8.